The van der Waals surface area contributed by atoms with E-state index in [2.05, 4.69) is 60.1 Å². The first-order valence-corrected chi connectivity index (χ1v) is 13.4. The number of pyridine rings is 1. The van der Waals surface area contributed by atoms with Crippen LogP contribution in [0.3, 0.4) is 0 Å². The zero-order chi connectivity index (χ0) is 25.2. The Labute approximate surface area is 210 Å². The molecule has 0 bridgehead atoms. The summed E-state index contributed by atoms with van der Waals surface area (Å²) in [5.41, 5.74) is 8.75. The largest absolute Gasteiger partial charge is 0.393 e. The first kappa shape index (κ1) is 25.8. The van der Waals surface area contributed by atoms with Crippen LogP contribution in [0.15, 0.2) is 66.0 Å². The predicted octanol–water partition coefficient (Wildman–Crippen LogP) is 6.19. The fraction of sp³-hybridized carbons (Fsp3) is 0.516. The average molecular weight is 475 g/mol. The number of allylic oxidation sites excluding steroid dienone is 3. The average Bonchev–Trinajstić information content (AvgIpc) is 3.18. The molecule has 1 heterocycles. The normalized spacial score (nSPS) is 33.2. The Bertz CT molecular complexity index is 1150. The third-order valence-electron chi connectivity index (χ3n) is 8.77. The summed E-state index contributed by atoms with van der Waals surface area (Å²) in [6.45, 7) is 6.35. The zero-order valence-electron chi connectivity index (χ0n) is 21.8. The summed E-state index contributed by atoms with van der Waals surface area (Å²) in [7, 11) is 1.50. The van der Waals surface area contributed by atoms with Gasteiger partial charge in [0.1, 0.15) is 0 Å². The van der Waals surface area contributed by atoms with Crippen molar-refractivity contribution < 1.29 is 10.2 Å². The summed E-state index contributed by atoms with van der Waals surface area (Å²) < 4.78 is 0. The number of aliphatic hydroxyl groups is 2. The van der Waals surface area contributed by atoms with Crippen LogP contribution in [0.25, 0.3) is 16.3 Å². The highest BCUT2D eigenvalue weighted by Gasteiger charge is 2.55. The standard InChI is InChI=1S/C28H31NO2.C2H6.CH5N/c1-27-11-9-23-15-21-16-24(30)5-4-18(21)8-12-28(23,31)26(27)7-6-25(27)20-3-2-19-10-13-29-17-22(19)14-20;2*1-2/h2-3,6,9-10,13-15,17-18,24,26,30-31H,4-5,7-8,11-12,16H2,1H3;1-2H3;2H2,1H3/t18?,24?,26?,27?,28-;;/m1../s1. The van der Waals surface area contributed by atoms with Crippen LogP contribution >= 0.6 is 0 Å². The second-order valence-electron chi connectivity index (χ2n) is 10.4. The van der Waals surface area contributed by atoms with Crippen molar-refractivity contribution in [2.24, 2.45) is 23.0 Å². The lowest BCUT2D eigenvalue weighted by Crippen LogP contribution is -2.48. The minimum absolute atomic E-state index is 0.0678. The summed E-state index contributed by atoms with van der Waals surface area (Å²) in [4.78, 5) is 4.30. The molecule has 4 heteroatoms. The molecule has 4 aliphatic carbocycles. The topological polar surface area (TPSA) is 79.4 Å². The fourth-order valence-corrected chi connectivity index (χ4v) is 7.01. The zero-order valence-corrected chi connectivity index (χ0v) is 21.8. The molecule has 35 heavy (non-hydrogen) atoms. The molecule has 4 unspecified atom stereocenters. The number of nitrogens with zero attached hydrogens (tertiary/aromatic N) is 1. The summed E-state index contributed by atoms with van der Waals surface area (Å²) in [5.74, 6) is 0.716. The van der Waals surface area contributed by atoms with Crippen LogP contribution in [0.1, 0.15) is 71.3 Å². The van der Waals surface area contributed by atoms with E-state index in [0.29, 0.717) is 5.92 Å². The van der Waals surface area contributed by atoms with E-state index in [1.807, 2.05) is 26.2 Å². The predicted molar refractivity (Wildman–Crippen MR) is 146 cm³/mol. The van der Waals surface area contributed by atoms with Gasteiger partial charge in [0.25, 0.3) is 0 Å². The lowest BCUT2D eigenvalue weighted by molar-refractivity contribution is -0.0330. The lowest BCUT2D eigenvalue weighted by atomic mass is 9.58. The maximum absolute atomic E-state index is 12.1. The van der Waals surface area contributed by atoms with Crippen LogP contribution < -0.4 is 5.73 Å². The number of aliphatic hydroxyl groups excluding tert-OH is 1. The lowest BCUT2D eigenvalue weighted by Gasteiger charge is -2.48. The van der Waals surface area contributed by atoms with Crippen LogP contribution in [0.4, 0.5) is 0 Å². The van der Waals surface area contributed by atoms with E-state index >= 15 is 0 Å². The Hall–Kier alpha value is -2.27. The number of hydrogen-bond acceptors (Lipinski definition) is 4. The van der Waals surface area contributed by atoms with E-state index in [-0.39, 0.29) is 17.4 Å². The van der Waals surface area contributed by atoms with Crippen LogP contribution in [0.2, 0.25) is 0 Å². The number of benzene rings is 1. The molecule has 0 saturated heterocycles. The maximum Gasteiger partial charge on any atom is 0.0933 e. The molecular formula is C31H42N2O2. The van der Waals surface area contributed by atoms with E-state index in [4.69, 9.17) is 0 Å². The number of nitrogens with two attached hydrogens (primary N) is 1. The van der Waals surface area contributed by atoms with Crippen molar-refractivity contribution in [3.8, 4) is 0 Å². The highest BCUT2D eigenvalue weighted by Crippen LogP contribution is 2.61. The van der Waals surface area contributed by atoms with Gasteiger partial charge >= 0.3 is 0 Å². The van der Waals surface area contributed by atoms with E-state index in [1.54, 1.807) is 0 Å². The van der Waals surface area contributed by atoms with Crippen molar-refractivity contribution in [3.05, 3.63) is 71.6 Å². The monoisotopic (exact) mass is 474 g/mol. The van der Waals surface area contributed by atoms with Gasteiger partial charge in [-0.2, -0.15) is 0 Å². The van der Waals surface area contributed by atoms with Gasteiger partial charge in [-0.25, -0.2) is 0 Å². The van der Waals surface area contributed by atoms with Gasteiger partial charge in [0, 0.05) is 29.1 Å². The highest BCUT2D eigenvalue weighted by atomic mass is 16.3. The molecule has 1 aromatic heterocycles. The molecule has 0 spiro atoms. The van der Waals surface area contributed by atoms with Crippen molar-refractivity contribution in [3.63, 3.8) is 0 Å². The number of hydrogen-bond donors (Lipinski definition) is 3. The second-order valence-corrected chi connectivity index (χ2v) is 10.4. The van der Waals surface area contributed by atoms with Gasteiger partial charge in [0.05, 0.1) is 11.7 Å². The molecule has 6 rings (SSSR count). The van der Waals surface area contributed by atoms with E-state index < -0.39 is 5.60 Å². The van der Waals surface area contributed by atoms with E-state index in [0.717, 1.165) is 50.5 Å². The van der Waals surface area contributed by atoms with Crippen molar-refractivity contribution in [2.45, 2.75) is 77.4 Å². The highest BCUT2D eigenvalue weighted by molar-refractivity contribution is 5.87. The molecule has 4 N–H and O–H groups in total. The van der Waals surface area contributed by atoms with Gasteiger partial charge in [-0.05, 0) is 92.1 Å². The molecule has 2 aromatic rings. The Morgan fingerprint density at radius 1 is 1.03 bits per heavy atom. The summed E-state index contributed by atoms with van der Waals surface area (Å²) >= 11 is 0. The Morgan fingerprint density at radius 3 is 2.63 bits per heavy atom. The quantitative estimate of drug-likeness (QED) is 0.460. The van der Waals surface area contributed by atoms with Crippen molar-refractivity contribution in [2.75, 3.05) is 7.05 Å². The molecule has 1 aromatic carbocycles. The van der Waals surface area contributed by atoms with Crippen molar-refractivity contribution >= 4 is 16.3 Å². The number of aromatic nitrogens is 1. The minimum Gasteiger partial charge on any atom is -0.393 e. The third kappa shape index (κ3) is 4.41. The van der Waals surface area contributed by atoms with Gasteiger partial charge in [-0.15, -0.1) is 0 Å². The summed E-state index contributed by atoms with van der Waals surface area (Å²) in [6, 6.07) is 8.74. The van der Waals surface area contributed by atoms with Crippen molar-refractivity contribution in [1.29, 1.82) is 0 Å². The molecule has 188 valence electrons. The summed E-state index contributed by atoms with van der Waals surface area (Å²) in [5, 5.41) is 24.7. The van der Waals surface area contributed by atoms with Gasteiger partial charge in [0.15, 0.2) is 0 Å². The van der Waals surface area contributed by atoms with E-state index in [1.165, 1.54) is 34.5 Å². The molecule has 1 saturated carbocycles. The molecule has 4 aliphatic rings. The molecule has 0 amide bonds. The van der Waals surface area contributed by atoms with Crippen LogP contribution in [-0.2, 0) is 0 Å². The van der Waals surface area contributed by atoms with Gasteiger partial charge < -0.3 is 15.9 Å². The molecular weight excluding hydrogens is 432 g/mol. The number of rotatable bonds is 1. The molecule has 5 atom stereocenters. The second kappa shape index (κ2) is 10.4. The Morgan fingerprint density at radius 2 is 1.83 bits per heavy atom. The Kier molecular flexibility index (Phi) is 7.65. The smallest absolute Gasteiger partial charge is 0.0933 e. The molecule has 0 aliphatic heterocycles. The van der Waals surface area contributed by atoms with Gasteiger partial charge in [0.2, 0.25) is 0 Å². The molecule has 1 fully saturated rings. The molecule has 0 radical (unpaired) electrons. The van der Waals surface area contributed by atoms with Gasteiger partial charge in [-0.1, -0.05) is 56.7 Å². The number of fused-ring (bicyclic) bond motifs is 5. The SMILES string of the molecule is CC.CC12CC=C3C=C4CC(O)CCC4CC[C@]3(O)C1CC=C2c1ccc2ccncc2c1.CN. The van der Waals surface area contributed by atoms with Crippen LogP contribution in [0, 0.1) is 17.3 Å². The first-order chi connectivity index (χ1) is 17.0. The van der Waals surface area contributed by atoms with E-state index in [9.17, 15) is 10.2 Å². The summed E-state index contributed by atoms with van der Waals surface area (Å²) in [6.07, 6.45) is 16.9. The Balaban J connectivity index is 0.000000689. The maximum atomic E-state index is 12.1. The minimum atomic E-state index is -0.779. The van der Waals surface area contributed by atoms with Gasteiger partial charge in [-0.3, -0.25) is 4.98 Å². The van der Waals surface area contributed by atoms with Crippen LogP contribution in [0.5, 0.6) is 0 Å². The van der Waals surface area contributed by atoms with Crippen LogP contribution in [-0.4, -0.2) is 33.9 Å². The first-order valence-electron chi connectivity index (χ1n) is 13.4. The third-order valence-corrected chi connectivity index (χ3v) is 8.77. The molecule has 4 nitrogen and oxygen atoms in total. The van der Waals surface area contributed by atoms with Crippen molar-refractivity contribution in [1.82, 2.24) is 4.98 Å². The fourth-order valence-electron chi connectivity index (χ4n) is 7.01.